The van der Waals surface area contributed by atoms with Gasteiger partial charge in [-0.2, -0.15) is 0 Å². The molecule has 0 radical (unpaired) electrons. The first kappa shape index (κ1) is 13.3. The normalized spacial score (nSPS) is 18.6. The van der Waals surface area contributed by atoms with Crippen LogP contribution in [0.3, 0.4) is 0 Å². The first-order chi connectivity index (χ1) is 8.79. The van der Waals surface area contributed by atoms with Gasteiger partial charge in [0.25, 0.3) is 0 Å². The number of hydrogen-bond acceptors (Lipinski definition) is 4. The molecule has 0 amide bonds. The molecule has 1 heterocycles. The Labute approximate surface area is 109 Å². The number of hydrogen-bond donors (Lipinski definition) is 1. The number of morpholine rings is 1. The number of ether oxygens (including phenoxy) is 2. The Morgan fingerprint density at radius 1 is 1.28 bits per heavy atom. The van der Waals surface area contributed by atoms with Gasteiger partial charge in [0.05, 0.1) is 19.8 Å². The highest BCUT2D eigenvalue weighted by atomic mass is 16.5. The average Bonchev–Trinajstić information content (AvgIpc) is 2.41. The molecule has 0 spiro atoms. The summed E-state index contributed by atoms with van der Waals surface area (Å²) in [5, 5.41) is 2.23. The van der Waals surface area contributed by atoms with E-state index in [1.165, 1.54) is 5.56 Å². The largest absolute Gasteiger partial charge is 0.494 e. The van der Waals surface area contributed by atoms with Gasteiger partial charge in [0.2, 0.25) is 0 Å². The minimum atomic E-state index is 0.304. The second-order valence-corrected chi connectivity index (χ2v) is 4.45. The zero-order valence-corrected chi connectivity index (χ0v) is 11.2. The van der Waals surface area contributed by atoms with Gasteiger partial charge in [0.1, 0.15) is 5.75 Å². The predicted molar refractivity (Wildman–Crippen MR) is 71.6 cm³/mol. The summed E-state index contributed by atoms with van der Waals surface area (Å²) in [6.07, 6.45) is 0. The highest BCUT2D eigenvalue weighted by molar-refractivity contribution is 5.28. The zero-order chi connectivity index (χ0) is 12.8. The third kappa shape index (κ3) is 3.70. The lowest BCUT2D eigenvalue weighted by Crippen LogP contribution is -2.46. The van der Waals surface area contributed by atoms with Gasteiger partial charge in [-0.3, -0.25) is 0 Å². The summed E-state index contributed by atoms with van der Waals surface area (Å²) >= 11 is 0. The molecular formula is C14H22N2O2. The van der Waals surface area contributed by atoms with Crippen LogP contribution < -0.4 is 10.2 Å². The Kier molecular flexibility index (Phi) is 4.99. The molecule has 0 aromatic heterocycles. The summed E-state index contributed by atoms with van der Waals surface area (Å²) in [6, 6.07) is 8.58. The molecule has 1 saturated heterocycles. The quantitative estimate of drug-likeness (QED) is 0.866. The smallest absolute Gasteiger partial charge is 0.119 e. The maximum Gasteiger partial charge on any atom is 0.119 e. The van der Waals surface area contributed by atoms with Gasteiger partial charge in [-0.15, -0.1) is 0 Å². The molecule has 4 heteroatoms. The summed E-state index contributed by atoms with van der Waals surface area (Å²) in [4.78, 5) is 0. The summed E-state index contributed by atoms with van der Waals surface area (Å²) in [6.45, 7) is 8.39. The van der Waals surface area contributed by atoms with Crippen molar-refractivity contribution in [2.45, 2.75) is 19.9 Å². The Bertz CT molecular complexity index is 347. The summed E-state index contributed by atoms with van der Waals surface area (Å²) < 4.78 is 10.8. The molecule has 0 aliphatic carbocycles. The van der Waals surface area contributed by atoms with Crippen LogP contribution in [0.4, 0.5) is 0 Å². The fourth-order valence-electron chi connectivity index (χ4n) is 2.06. The van der Waals surface area contributed by atoms with Crippen molar-refractivity contribution in [3.05, 3.63) is 29.8 Å². The van der Waals surface area contributed by atoms with Crippen molar-refractivity contribution < 1.29 is 9.47 Å². The van der Waals surface area contributed by atoms with Crippen molar-refractivity contribution in [3.8, 4) is 5.75 Å². The number of benzene rings is 1. The number of hydrazine groups is 1. The topological polar surface area (TPSA) is 33.7 Å². The minimum Gasteiger partial charge on any atom is -0.494 e. The van der Waals surface area contributed by atoms with E-state index < -0.39 is 0 Å². The van der Waals surface area contributed by atoms with Crippen molar-refractivity contribution in [2.75, 3.05) is 32.9 Å². The SMILES string of the molecule is CCOc1ccc(C(C)NN2CCOCC2)cc1. The molecule has 18 heavy (non-hydrogen) atoms. The van der Waals surface area contributed by atoms with E-state index >= 15 is 0 Å². The van der Waals surface area contributed by atoms with Crippen molar-refractivity contribution >= 4 is 0 Å². The number of nitrogens with one attached hydrogen (secondary N) is 1. The lowest BCUT2D eigenvalue weighted by Gasteiger charge is -2.30. The molecule has 1 aromatic carbocycles. The van der Waals surface area contributed by atoms with E-state index in [9.17, 15) is 0 Å². The van der Waals surface area contributed by atoms with Crippen molar-refractivity contribution in [2.24, 2.45) is 0 Å². The minimum absolute atomic E-state index is 0.304. The molecule has 2 rings (SSSR count). The maximum absolute atomic E-state index is 5.44. The third-order valence-corrected chi connectivity index (χ3v) is 3.08. The van der Waals surface area contributed by atoms with Crippen LogP contribution in [0.2, 0.25) is 0 Å². The lowest BCUT2D eigenvalue weighted by atomic mass is 10.1. The molecule has 1 fully saturated rings. The number of rotatable bonds is 5. The monoisotopic (exact) mass is 250 g/mol. The Morgan fingerprint density at radius 2 is 1.94 bits per heavy atom. The van der Waals surface area contributed by atoms with E-state index in [4.69, 9.17) is 9.47 Å². The van der Waals surface area contributed by atoms with Crippen molar-refractivity contribution in [3.63, 3.8) is 0 Å². The van der Waals surface area contributed by atoms with Crippen LogP contribution in [0.25, 0.3) is 0 Å². The molecule has 1 unspecified atom stereocenters. The Morgan fingerprint density at radius 3 is 2.56 bits per heavy atom. The van der Waals surface area contributed by atoms with Crippen LogP contribution in [0.1, 0.15) is 25.5 Å². The van der Waals surface area contributed by atoms with Gasteiger partial charge in [-0.05, 0) is 31.5 Å². The standard InChI is InChI=1S/C14H22N2O2/c1-3-18-14-6-4-13(5-7-14)12(2)15-16-8-10-17-11-9-16/h4-7,12,15H,3,8-11H2,1-2H3. The fraction of sp³-hybridized carbons (Fsp3) is 0.571. The van der Waals surface area contributed by atoms with Crippen LogP contribution in [0.15, 0.2) is 24.3 Å². The first-order valence-corrected chi connectivity index (χ1v) is 6.61. The van der Waals surface area contributed by atoms with E-state index in [0.717, 1.165) is 32.1 Å². The van der Waals surface area contributed by atoms with E-state index in [1.807, 2.05) is 19.1 Å². The van der Waals surface area contributed by atoms with E-state index in [0.29, 0.717) is 12.6 Å². The van der Waals surface area contributed by atoms with Crippen LogP contribution in [0, 0.1) is 0 Å². The van der Waals surface area contributed by atoms with Crippen molar-refractivity contribution in [1.29, 1.82) is 0 Å². The van der Waals surface area contributed by atoms with E-state index in [2.05, 4.69) is 29.5 Å². The zero-order valence-electron chi connectivity index (χ0n) is 11.2. The second-order valence-electron chi connectivity index (χ2n) is 4.45. The fourth-order valence-corrected chi connectivity index (χ4v) is 2.06. The highest BCUT2D eigenvalue weighted by Crippen LogP contribution is 2.18. The van der Waals surface area contributed by atoms with Gasteiger partial charge < -0.3 is 9.47 Å². The Balaban J connectivity index is 1.89. The summed E-state index contributed by atoms with van der Waals surface area (Å²) in [7, 11) is 0. The van der Waals surface area contributed by atoms with Crippen LogP contribution in [0.5, 0.6) is 5.75 Å². The lowest BCUT2D eigenvalue weighted by molar-refractivity contribution is 0.00484. The number of nitrogens with zero attached hydrogens (tertiary/aromatic N) is 1. The van der Waals surface area contributed by atoms with Gasteiger partial charge in [0.15, 0.2) is 0 Å². The molecule has 4 nitrogen and oxygen atoms in total. The van der Waals surface area contributed by atoms with Gasteiger partial charge in [-0.1, -0.05) is 12.1 Å². The highest BCUT2D eigenvalue weighted by Gasteiger charge is 2.13. The van der Waals surface area contributed by atoms with Crippen molar-refractivity contribution in [1.82, 2.24) is 10.4 Å². The second kappa shape index (κ2) is 6.73. The van der Waals surface area contributed by atoms with Crippen LogP contribution >= 0.6 is 0 Å². The molecule has 1 aromatic rings. The molecule has 100 valence electrons. The van der Waals surface area contributed by atoms with Gasteiger partial charge in [0, 0.05) is 19.1 Å². The molecular weight excluding hydrogens is 228 g/mol. The molecule has 1 aliphatic rings. The maximum atomic E-state index is 5.44. The van der Waals surface area contributed by atoms with E-state index in [-0.39, 0.29) is 0 Å². The molecule has 1 N–H and O–H groups in total. The first-order valence-electron chi connectivity index (χ1n) is 6.61. The molecule has 0 saturated carbocycles. The Hall–Kier alpha value is -1.10. The van der Waals surface area contributed by atoms with Gasteiger partial charge >= 0.3 is 0 Å². The van der Waals surface area contributed by atoms with E-state index in [1.54, 1.807) is 0 Å². The van der Waals surface area contributed by atoms with Gasteiger partial charge in [-0.25, -0.2) is 10.4 Å². The third-order valence-electron chi connectivity index (χ3n) is 3.08. The summed E-state index contributed by atoms with van der Waals surface area (Å²) in [5.74, 6) is 0.930. The van der Waals surface area contributed by atoms with Crippen LogP contribution in [-0.2, 0) is 4.74 Å². The molecule has 0 bridgehead atoms. The predicted octanol–water partition coefficient (Wildman–Crippen LogP) is 1.98. The molecule has 1 aliphatic heterocycles. The summed E-state index contributed by atoms with van der Waals surface area (Å²) in [5.41, 5.74) is 4.77. The average molecular weight is 250 g/mol. The van der Waals surface area contributed by atoms with Crippen LogP contribution in [-0.4, -0.2) is 37.9 Å². The molecule has 1 atom stereocenters.